The highest BCUT2D eigenvalue weighted by atomic mass is 16.5. The molecule has 1 aliphatic carbocycles. The fourth-order valence-corrected chi connectivity index (χ4v) is 3.62. The van der Waals surface area contributed by atoms with Gasteiger partial charge in [0.25, 0.3) is 0 Å². The maximum absolute atomic E-state index is 6.29. The number of fused-ring (bicyclic) bond motifs is 1. The van der Waals surface area contributed by atoms with E-state index >= 15 is 0 Å². The molecule has 0 amide bonds. The molecule has 0 aliphatic heterocycles. The van der Waals surface area contributed by atoms with Crippen LogP contribution in [0.15, 0.2) is 42.7 Å². The Balaban J connectivity index is 1.68. The molecule has 2 aromatic carbocycles. The first kappa shape index (κ1) is 19.0. The second-order valence-electron chi connectivity index (χ2n) is 7.25. The summed E-state index contributed by atoms with van der Waals surface area (Å²) in [4.78, 5) is 8.81. The van der Waals surface area contributed by atoms with E-state index in [0.717, 1.165) is 47.8 Å². The number of benzene rings is 2. The van der Waals surface area contributed by atoms with Crippen LogP contribution < -0.4 is 20.5 Å². The fourth-order valence-electron chi connectivity index (χ4n) is 3.62. The largest absolute Gasteiger partial charge is 0.493 e. The van der Waals surface area contributed by atoms with Crippen molar-refractivity contribution in [3.05, 3.63) is 48.3 Å². The van der Waals surface area contributed by atoms with E-state index in [0.29, 0.717) is 17.3 Å². The van der Waals surface area contributed by atoms with Gasteiger partial charge in [0.05, 0.1) is 18.7 Å². The van der Waals surface area contributed by atoms with E-state index in [1.165, 1.54) is 6.33 Å². The highest BCUT2D eigenvalue weighted by Crippen LogP contribution is 2.36. The molecule has 1 fully saturated rings. The number of terminal acetylenes is 1. The van der Waals surface area contributed by atoms with Crippen molar-refractivity contribution in [2.24, 2.45) is 5.73 Å². The Bertz CT molecular complexity index is 1050. The zero-order valence-corrected chi connectivity index (χ0v) is 16.4. The van der Waals surface area contributed by atoms with Gasteiger partial charge in [-0.1, -0.05) is 12.0 Å². The van der Waals surface area contributed by atoms with Gasteiger partial charge in [-0.2, -0.15) is 0 Å². The molecule has 0 radical (unpaired) electrons. The molecular weight excluding hydrogens is 364 g/mol. The minimum atomic E-state index is 0.134. The maximum atomic E-state index is 6.29. The molecule has 6 nitrogen and oxygen atoms in total. The molecule has 1 heterocycles. The Kier molecular flexibility index (Phi) is 5.50. The first-order valence-electron chi connectivity index (χ1n) is 9.75. The summed E-state index contributed by atoms with van der Waals surface area (Å²) in [5, 5.41) is 4.19. The Morgan fingerprint density at radius 3 is 2.69 bits per heavy atom. The van der Waals surface area contributed by atoms with Gasteiger partial charge in [0, 0.05) is 28.7 Å². The van der Waals surface area contributed by atoms with E-state index in [-0.39, 0.29) is 12.1 Å². The molecule has 6 heteroatoms. The standard InChI is InChI=1S/C23H24N4O2/c1-3-15-5-4-6-17(11-15)27-23-19-12-22(29-18-9-7-16(24)8-10-18)21(28-2)13-20(19)25-14-26-23/h1,4-6,11-14,16,18H,7-10,24H2,2H3,(H,25,26,27). The first-order valence-corrected chi connectivity index (χ1v) is 9.75. The Labute approximate surface area is 170 Å². The van der Waals surface area contributed by atoms with Gasteiger partial charge in [0.2, 0.25) is 0 Å². The molecule has 148 valence electrons. The Hall–Kier alpha value is -3.30. The number of hydrogen-bond acceptors (Lipinski definition) is 6. The zero-order valence-electron chi connectivity index (χ0n) is 16.4. The maximum Gasteiger partial charge on any atom is 0.162 e. The molecule has 1 aliphatic rings. The van der Waals surface area contributed by atoms with Crippen LogP contribution in [0.25, 0.3) is 10.9 Å². The highest BCUT2D eigenvalue weighted by molar-refractivity contribution is 5.93. The van der Waals surface area contributed by atoms with Crippen LogP contribution in [0, 0.1) is 12.3 Å². The van der Waals surface area contributed by atoms with E-state index < -0.39 is 0 Å². The monoisotopic (exact) mass is 388 g/mol. The summed E-state index contributed by atoms with van der Waals surface area (Å²) in [5.41, 5.74) is 8.45. The van der Waals surface area contributed by atoms with Crippen molar-refractivity contribution in [2.75, 3.05) is 12.4 Å². The van der Waals surface area contributed by atoms with Gasteiger partial charge in [0.1, 0.15) is 12.1 Å². The summed E-state index contributed by atoms with van der Waals surface area (Å²) in [5.74, 6) is 4.68. The number of rotatable bonds is 5. The summed E-state index contributed by atoms with van der Waals surface area (Å²) in [6.07, 6.45) is 11.0. The SMILES string of the molecule is C#Cc1cccc(Nc2ncnc3cc(OC)c(OC4CCC(N)CC4)cc23)c1. The van der Waals surface area contributed by atoms with Crippen LogP contribution in [0.3, 0.4) is 0 Å². The van der Waals surface area contributed by atoms with Gasteiger partial charge in [-0.3, -0.25) is 0 Å². The summed E-state index contributed by atoms with van der Waals surface area (Å²) in [7, 11) is 1.64. The minimum absolute atomic E-state index is 0.134. The van der Waals surface area contributed by atoms with Crippen molar-refractivity contribution in [3.8, 4) is 23.8 Å². The minimum Gasteiger partial charge on any atom is -0.493 e. The fraction of sp³-hybridized carbons (Fsp3) is 0.304. The van der Waals surface area contributed by atoms with Crippen molar-refractivity contribution >= 4 is 22.4 Å². The van der Waals surface area contributed by atoms with E-state index in [9.17, 15) is 0 Å². The van der Waals surface area contributed by atoms with Crippen LogP contribution in [0.1, 0.15) is 31.2 Å². The quantitative estimate of drug-likeness (QED) is 0.643. The predicted molar refractivity (Wildman–Crippen MR) is 115 cm³/mol. The first-order chi connectivity index (χ1) is 14.2. The number of methoxy groups -OCH3 is 1. The third-order valence-electron chi connectivity index (χ3n) is 5.23. The molecule has 0 unspecified atom stereocenters. The van der Waals surface area contributed by atoms with Gasteiger partial charge in [-0.05, 0) is 49.9 Å². The van der Waals surface area contributed by atoms with Crippen LogP contribution >= 0.6 is 0 Å². The second kappa shape index (κ2) is 8.38. The summed E-state index contributed by atoms with van der Waals surface area (Å²) < 4.78 is 11.8. The molecule has 4 rings (SSSR count). The number of nitrogens with zero attached hydrogens (tertiary/aromatic N) is 2. The molecule has 1 aromatic heterocycles. The average Bonchev–Trinajstić information content (AvgIpc) is 2.75. The lowest BCUT2D eigenvalue weighted by molar-refractivity contribution is 0.142. The summed E-state index contributed by atoms with van der Waals surface area (Å²) in [6, 6.07) is 11.7. The Morgan fingerprint density at radius 1 is 1.10 bits per heavy atom. The van der Waals surface area contributed by atoms with Crippen molar-refractivity contribution in [1.82, 2.24) is 9.97 Å². The van der Waals surface area contributed by atoms with Crippen molar-refractivity contribution in [1.29, 1.82) is 0 Å². The molecular formula is C23H24N4O2. The third kappa shape index (κ3) is 4.25. The van der Waals surface area contributed by atoms with Crippen molar-refractivity contribution in [2.45, 2.75) is 37.8 Å². The van der Waals surface area contributed by atoms with Crippen LogP contribution in [0.5, 0.6) is 11.5 Å². The lowest BCUT2D eigenvalue weighted by Crippen LogP contribution is -2.31. The molecule has 0 saturated heterocycles. The molecule has 3 N–H and O–H groups in total. The van der Waals surface area contributed by atoms with Crippen LogP contribution in [-0.2, 0) is 0 Å². The number of ether oxygens (including phenoxy) is 2. The molecule has 0 spiro atoms. The smallest absolute Gasteiger partial charge is 0.162 e. The number of nitrogens with two attached hydrogens (primary N) is 1. The molecule has 29 heavy (non-hydrogen) atoms. The van der Waals surface area contributed by atoms with Crippen LogP contribution in [0.2, 0.25) is 0 Å². The average molecular weight is 388 g/mol. The molecule has 1 saturated carbocycles. The van der Waals surface area contributed by atoms with Gasteiger partial charge in [0.15, 0.2) is 11.5 Å². The Morgan fingerprint density at radius 2 is 1.93 bits per heavy atom. The zero-order chi connectivity index (χ0) is 20.2. The van der Waals surface area contributed by atoms with Gasteiger partial charge < -0.3 is 20.5 Å². The normalized spacial score (nSPS) is 18.8. The van der Waals surface area contributed by atoms with E-state index in [1.807, 2.05) is 36.4 Å². The second-order valence-corrected chi connectivity index (χ2v) is 7.25. The number of anilines is 2. The molecule has 0 atom stereocenters. The summed E-state index contributed by atoms with van der Waals surface area (Å²) >= 11 is 0. The topological polar surface area (TPSA) is 82.3 Å². The lowest BCUT2D eigenvalue weighted by Gasteiger charge is -2.27. The van der Waals surface area contributed by atoms with E-state index in [2.05, 4.69) is 21.2 Å². The number of aromatic nitrogens is 2. The predicted octanol–water partition coefficient (Wildman–Crippen LogP) is 4.01. The van der Waals surface area contributed by atoms with Crippen molar-refractivity contribution < 1.29 is 9.47 Å². The number of hydrogen-bond donors (Lipinski definition) is 2. The van der Waals surface area contributed by atoms with E-state index in [1.54, 1.807) is 7.11 Å². The van der Waals surface area contributed by atoms with Crippen molar-refractivity contribution in [3.63, 3.8) is 0 Å². The van der Waals surface area contributed by atoms with Gasteiger partial charge in [-0.15, -0.1) is 6.42 Å². The molecule has 3 aromatic rings. The van der Waals surface area contributed by atoms with Gasteiger partial charge >= 0.3 is 0 Å². The van der Waals surface area contributed by atoms with Crippen LogP contribution in [-0.4, -0.2) is 29.2 Å². The van der Waals surface area contributed by atoms with Gasteiger partial charge in [-0.25, -0.2) is 9.97 Å². The lowest BCUT2D eigenvalue weighted by atomic mass is 9.94. The third-order valence-corrected chi connectivity index (χ3v) is 5.23. The highest BCUT2D eigenvalue weighted by Gasteiger charge is 2.22. The number of nitrogens with one attached hydrogen (secondary N) is 1. The summed E-state index contributed by atoms with van der Waals surface area (Å²) in [6.45, 7) is 0. The van der Waals surface area contributed by atoms with Crippen LogP contribution in [0.4, 0.5) is 11.5 Å². The molecule has 0 bridgehead atoms. The van der Waals surface area contributed by atoms with E-state index in [4.69, 9.17) is 21.6 Å².